The summed E-state index contributed by atoms with van der Waals surface area (Å²) in [6, 6.07) is 3.31. The molecule has 0 saturated heterocycles. The van der Waals surface area contributed by atoms with Crippen LogP contribution in [0.3, 0.4) is 0 Å². The molecule has 0 aromatic carbocycles. The summed E-state index contributed by atoms with van der Waals surface area (Å²) in [6.07, 6.45) is 2.40. The second kappa shape index (κ2) is 8.05. The van der Waals surface area contributed by atoms with Crippen molar-refractivity contribution in [1.29, 1.82) is 0 Å². The minimum Gasteiger partial charge on any atom is -0.360 e. The van der Waals surface area contributed by atoms with Gasteiger partial charge < -0.3 is 9.80 Å². The fraction of sp³-hybridized carbons (Fsp3) is 0.529. The van der Waals surface area contributed by atoms with Gasteiger partial charge >= 0.3 is 0 Å². The number of rotatable bonds is 8. The zero-order chi connectivity index (χ0) is 19.5. The van der Waals surface area contributed by atoms with Crippen molar-refractivity contribution in [2.24, 2.45) is 7.05 Å². The number of aromatic nitrogens is 3. The fourth-order valence-corrected chi connectivity index (χ4v) is 3.73. The Bertz CT molecular complexity index is 843. The molecule has 9 heteroatoms. The molecule has 0 saturated carbocycles. The van der Waals surface area contributed by atoms with E-state index in [9.17, 15) is 8.42 Å². The summed E-state index contributed by atoms with van der Waals surface area (Å²) in [5.74, 6) is 0.747. The van der Waals surface area contributed by atoms with E-state index in [2.05, 4.69) is 19.7 Å². The molecule has 144 valence electrons. The average Bonchev–Trinajstić information content (AvgIpc) is 2.80. The largest absolute Gasteiger partial charge is 0.360 e. The highest BCUT2D eigenvalue weighted by molar-refractivity contribution is 7.92. The summed E-state index contributed by atoms with van der Waals surface area (Å²) in [6.45, 7) is 5.44. The summed E-state index contributed by atoms with van der Waals surface area (Å²) < 4.78 is 29.5. The highest BCUT2D eigenvalue weighted by Crippen LogP contribution is 2.23. The van der Waals surface area contributed by atoms with Crippen LogP contribution in [-0.2, 0) is 17.1 Å². The first-order valence-electron chi connectivity index (χ1n) is 8.46. The Morgan fingerprint density at radius 3 is 2.35 bits per heavy atom. The highest BCUT2D eigenvalue weighted by Gasteiger charge is 2.20. The van der Waals surface area contributed by atoms with Gasteiger partial charge in [0.1, 0.15) is 10.7 Å². The fourth-order valence-electron chi connectivity index (χ4n) is 2.61. The molecule has 0 unspecified atom stereocenters. The minimum atomic E-state index is -3.71. The molecule has 8 nitrogen and oxygen atoms in total. The van der Waals surface area contributed by atoms with Gasteiger partial charge in [-0.3, -0.25) is 9.40 Å². The van der Waals surface area contributed by atoms with Crippen LogP contribution in [0.2, 0.25) is 0 Å². The zero-order valence-corrected chi connectivity index (χ0v) is 17.1. The SMILES string of the molecule is Cc1nn(C)c(C)c1NS(=O)(=O)c1ccc(N(C)CCCN(C)C)nc1. The third kappa shape index (κ3) is 4.73. The van der Waals surface area contributed by atoms with Crippen LogP contribution in [0.5, 0.6) is 0 Å². The van der Waals surface area contributed by atoms with Gasteiger partial charge in [-0.2, -0.15) is 5.10 Å². The smallest absolute Gasteiger partial charge is 0.263 e. The molecule has 26 heavy (non-hydrogen) atoms. The van der Waals surface area contributed by atoms with E-state index in [1.165, 1.54) is 6.20 Å². The first-order chi connectivity index (χ1) is 12.1. The third-order valence-corrected chi connectivity index (χ3v) is 5.60. The lowest BCUT2D eigenvalue weighted by atomic mass is 10.3. The van der Waals surface area contributed by atoms with Gasteiger partial charge in [-0.15, -0.1) is 0 Å². The lowest BCUT2D eigenvalue weighted by Gasteiger charge is -2.19. The molecule has 0 fully saturated rings. The molecule has 0 aliphatic carbocycles. The van der Waals surface area contributed by atoms with Gasteiger partial charge in [-0.05, 0) is 53.0 Å². The molecule has 0 amide bonds. The first kappa shape index (κ1) is 20.2. The van der Waals surface area contributed by atoms with E-state index >= 15 is 0 Å². The van der Waals surface area contributed by atoms with Crippen LogP contribution in [0.25, 0.3) is 0 Å². The molecular weight excluding hydrogens is 352 g/mol. The number of pyridine rings is 1. The molecule has 2 rings (SSSR count). The second-order valence-electron chi connectivity index (χ2n) is 6.71. The Balaban J connectivity index is 2.11. The van der Waals surface area contributed by atoms with Gasteiger partial charge in [0, 0.05) is 26.8 Å². The third-order valence-electron chi connectivity index (χ3n) is 4.27. The summed E-state index contributed by atoms with van der Waals surface area (Å²) in [4.78, 5) is 8.58. The van der Waals surface area contributed by atoms with Crippen molar-refractivity contribution >= 4 is 21.5 Å². The zero-order valence-electron chi connectivity index (χ0n) is 16.3. The van der Waals surface area contributed by atoms with E-state index in [0.717, 1.165) is 31.0 Å². The number of nitrogens with one attached hydrogen (secondary N) is 1. The maximum absolute atomic E-state index is 12.6. The maximum Gasteiger partial charge on any atom is 0.263 e. The predicted molar refractivity (Wildman–Crippen MR) is 104 cm³/mol. The van der Waals surface area contributed by atoms with E-state index in [-0.39, 0.29) is 4.90 Å². The molecule has 0 aliphatic rings. The summed E-state index contributed by atoms with van der Waals surface area (Å²) in [7, 11) is 4.10. The molecule has 0 atom stereocenters. The Morgan fingerprint density at radius 2 is 1.85 bits per heavy atom. The van der Waals surface area contributed by atoms with Crippen LogP contribution in [-0.4, -0.2) is 62.3 Å². The van der Waals surface area contributed by atoms with Crippen LogP contribution >= 0.6 is 0 Å². The predicted octanol–water partition coefficient (Wildman–Crippen LogP) is 1.62. The monoisotopic (exact) mass is 380 g/mol. The van der Waals surface area contributed by atoms with Crippen LogP contribution in [0.1, 0.15) is 17.8 Å². The van der Waals surface area contributed by atoms with Gasteiger partial charge in [0.05, 0.1) is 17.1 Å². The van der Waals surface area contributed by atoms with Gasteiger partial charge in [-0.25, -0.2) is 13.4 Å². The van der Waals surface area contributed by atoms with E-state index in [1.54, 1.807) is 30.8 Å². The van der Waals surface area contributed by atoms with E-state index in [0.29, 0.717) is 11.4 Å². The molecule has 2 heterocycles. The van der Waals surface area contributed by atoms with Gasteiger partial charge in [0.25, 0.3) is 10.0 Å². The summed E-state index contributed by atoms with van der Waals surface area (Å²) >= 11 is 0. The quantitative estimate of drug-likeness (QED) is 0.749. The molecular formula is C17H28N6O2S. The van der Waals surface area contributed by atoms with E-state index < -0.39 is 10.0 Å². The Kier molecular flexibility index (Phi) is 6.25. The Morgan fingerprint density at radius 1 is 1.15 bits per heavy atom. The van der Waals surface area contributed by atoms with Crippen molar-refractivity contribution in [2.75, 3.05) is 43.9 Å². The topological polar surface area (TPSA) is 83.4 Å². The first-order valence-corrected chi connectivity index (χ1v) is 9.95. The van der Waals surface area contributed by atoms with Crippen LogP contribution in [0, 0.1) is 13.8 Å². The molecule has 0 radical (unpaired) electrons. The van der Waals surface area contributed by atoms with Crippen molar-refractivity contribution in [2.45, 2.75) is 25.2 Å². The number of anilines is 2. The Hall–Kier alpha value is -2.13. The highest BCUT2D eigenvalue weighted by atomic mass is 32.2. The van der Waals surface area contributed by atoms with Gasteiger partial charge in [-0.1, -0.05) is 0 Å². The van der Waals surface area contributed by atoms with Crippen molar-refractivity contribution < 1.29 is 8.42 Å². The van der Waals surface area contributed by atoms with Crippen LogP contribution < -0.4 is 9.62 Å². The minimum absolute atomic E-state index is 0.130. The molecule has 2 aromatic rings. The van der Waals surface area contributed by atoms with E-state index in [4.69, 9.17) is 0 Å². The van der Waals surface area contributed by atoms with Crippen molar-refractivity contribution in [1.82, 2.24) is 19.7 Å². The molecule has 0 aliphatic heterocycles. The maximum atomic E-state index is 12.6. The Labute approximate surface area is 155 Å². The molecule has 0 spiro atoms. The van der Waals surface area contributed by atoms with Gasteiger partial charge in [0.15, 0.2) is 0 Å². The lowest BCUT2D eigenvalue weighted by molar-refractivity contribution is 0.401. The number of hydrogen-bond acceptors (Lipinski definition) is 6. The number of hydrogen-bond donors (Lipinski definition) is 1. The van der Waals surface area contributed by atoms with Crippen molar-refractivity contribution in [3.8, 4) is 0 Å². The number of sulfonamides is 1. The van der Waals surface area contributed by atoms with Crippen LogP contribution in [0.4, 0.5) is 11.5 Å². The number of aryl methyl sites for hydroxylation is 2. The summed E-state index contributed by atoms with van der Waals surface area (Å²) in [5.41, 5.74) is 1.91. The number of nitrogens with zero attached hydrogens (tertiary/aromatic N) is 5. The van der Waals surface area contributed by atoms with Crippen molar-refractivity contribution in [3.63, 3.8) is 0 Å². The normalized spacial score (nSPS) is 11.8. The molecule has 0 bridgehead atoms. The molecule has 2 aromatic heterocycles. The standard InChI is InChI=1S/C17H28N6O2S/c1-13-17(14(2)23(6)19-13)20-26(24,25)15-8-9-16(18-12-15)22(5)11-7-10-21(3)4/h8-9,12,20H,7,10-11H2,1-6H3. The lowest BCUT2D eigenvalue weighted by Crippen LogP contribution is -2.24. The molecule has 1 N–H and O–H groups in total. The second-order valence-corrected chi connectivity index (χ2v) is 8.39. The summed E-state index contributed by atoms with van der Waals surface area (Å²) in [5, 5.41) is 4.23. The van der Waals surface area contributed by atoms with Crippen LogP contribution in [0.15, 0.2) is 23.2 Å². The van der Waals surface area contributed by atoms with Gasteiger partial charge in [0.2, 0.25) is 0 Å². The van der Waals surface area contributed by atoms with Crippen molar-refractivity contribution in [3.05, 3.63) is 29.7 Å². The average molecular weight is 381 g/mol. The van der Waals surface area contributed by atoms with E-state index in [1.807, 2.05) is 33.0 Å².